The molecule has 0 aromatic carbocycles. The molecule has 7 nitrogen and oxygen atoms in total. The zero-order chi connectivity index (χ0) is 25.2. The molecule has 1 saturated heterocycles. The predicted molar refractivity (Wildman–Crippen MR) is 142 cm³/mol. The van der Waals surface area contributed by atoms with Crippen molar-refractivity contribution in [2.75, 3.05) is 12.3 Å². The third-order valence-corrected chi connectivity index (χ3v) is 12.7. The largest absolute Gasteiger partial charge is 0.353 e. The summed E-state index contributed by atoms with van der Waals surface area (Å²) in [6, 6.07) is 0.552. The lowest BCUT2D eigenvalue weighted by atomic mass is 9.84. The van der Waals surface area contributed by atoms with Crippen molar-refractivity contribution < 1.29 is 18.0 Å². The first-order chi connectivity index (χ1) is 16.7. The highest BCUT2D eigenvalue weighted by molar-refractivity contribution is 8.00. The highest BCUT2D eigenvalue weighted by Crippen LogP contribution is 2.36. The lowest BCUT2D eigenvalue weighted by Crippen LogP contribution is -2.49. The van der Waals surface area contributed by atoms with Crippen molar-refractivity contribution in [2.45, 2.75) is 119 Å². The van der Waals surface area contributed by atoms with E-state index < -0.39 is 9.84 Å². The number of carbonyl (C=O) groups is 2. The second-order valence-electron chi connectivity index (χ2n) is 11.5. The molecule has 2 N–H and O–H groups in total. The SMILES string of the molecule is CCN(C(=O)C1CCC(NC(=O)CC2CCC(S(=O)(=O)CC3CC3)CC2)CC1)C1NC(C)C(C)S1. The maximum Gasteiger partial charge on any atom is 0.227 e. The fraction of sp³-hybridized carbons (Fsp3) is 0.923. The van der Waals surface area contributed by atoms with Crippen LogP contribution in [-0.2, 0) is 19.4 Å². The molecule has 2 amide bonds. The van der Waals surface area contributed by atoms with Crippen LogP contribution in [-0.4, -0.2) is 65.5 Å². The second kappa shape index (κ2) is 11.7. The first-order valence-corrected chi connectivity index (χ1v) is 16.5. The third kappa shape index (κ3) is 7.16. The number of nitrogens with zero attached hydrogens (tertiary/aromatic N) is 1. The van der Waals surface area contributed by atoms with Gasteiger partial charge >= 0.3 is 0 Å². The summed E-state index contributed by atoms with van der Waals surface area (Å²) in [5.41, 5.74) is 0.0636. The summed E-state index contributed by atoms with van der Waals surface area (Å²) in [5, 5.41) is 7.06. The number of thioether (sulfide) groups is 1. The fourth-order valence-corrected chi connectivity index (χ4v) is 9.70. The second-order valence-corrected chi connectivity index (χ2v) is 15.3. The van der Waals surface area contributed by atoms with Gasteiger partial charge in [-0.1, -0.05) is 6.92 Å². The molecular formula is C26H45N3O4S2. The van der Waals surface area contributed by atoms with E-state index in [9.17, 15) is 18.0 Å². The molecule has 3 atom stereocenters. The van der Waals surface area contributed by atoms with E-state index in [1.54, 1.807) is 0 Å². The summed E-state index contributed by atoms with van der Waals surface area (Å²) in [5.74, 6) is 1.46. The standard InChI is InChI=1S/C26H45N3O4S2/c1-4-29(26-27-17(2)18(3)34-26)25(31)21-9-11-22(12-10-21)28-24(30)15-19-7-13-23(14-8-19)35(32,33)16-20-5-6-20/h17-23,26-27H,4-16H2,1-3H3,(H,28,30). The van der Waals surface area contributed by atoms with Crippen molar-refractivity contribution >= 4 is 33.4 Å². The molecule has 3 aliphatic carbocycles. The summed E-state index contributed by atoms with van der Waals surface area (Å²) in [6.45, 7) is 7.14. The number of rotatable bonds is 9. The van der Waals surface area contributed by atoms with Crippen molar-refractivity contribution in [3.05, 3.63) is 0 Å². The molecule has 0 aromatic heterocycles. The third-order valence-electron chi connectivity index (χ3n) is 8.74. The number of nitrogens with one attached hydrogen (secondary N) is 2. The van der Waals surface area contributed by atoms with Crippen LogP contribution in [0.15, 0.2) is 0 Å². The number of amides is 2. The van der Waals surface area contributed by atoms with E-state index in [0.29, 0.717) is 54.7 Å². The van der Waals surface area contributed by atoms with E-state index in [0.717, 1.165) is 51.4 Å². The molecule has 3 saturated carbocycles. The maximum atomic E-state index is 13.2. The molecule has 4 aliphatic rings. The van der Waals surface area contributed by atoms with Crippen molar-refractivity contribution in [3.63, 3.8) is 0 Å². The van der Waals surface area contributed by atoms with Crippen LogP contribution in [0.5, 0.6) is 0 Å². The number of carbonyl (C=O) groups excluding carboxylic acids is 2. The Bertz CT molecular complexity index is 837. The number of hydrogen-bond acceptors (Lipinski definition) is 6. The Morgan fingerprint density at radius 2 is 1.57 bits per heavy atom. The van der Waals surface area contributed by atoms with Gasteiger partial charge in [-0.2, -0.15) is 0 Å². The van der Waals surface area contributed by atoms with Crippen molar-refractivity contribution in [1.82, 2.24) is 15.5 Å². The Morgan fingerprint density at radius 1 is 0.943 bits per heavy atom. The maximum absolute atomic E-state index is 13.2. The van der Waals surface area contributed by atoms with Gasteiger partial charge in [0.1, 0.15) is 5.50 Å². The highest BCUT2D eigenvalue weighted by atomic mass is 32.2. The summed E-state index contributed by atoms with van der Waals surface area (Å²) >= 11 is 1.83. The molecule has 0 bridgehead atoms. The minimum atomic E-state index is -2.96. The summed E-state index contributed by atoms with van der Waals surface area (Å²) in [7, 11) is -2.96. The van der Waals surface area contributed by atoms with E-state index in [-0.39, 0.29) is 34.5 Å². The van der Waals surface area contributed by atoms with Crippen molar-refractivity contribution in [3.8, 4) is 0 Å². The predicted octanol–water partition coefficient (Wildman–Crippen LogP) is 3.68. The van der Waals surface area contributed by atoms with E-state index in [4.69, 9.17) is 0 Å². The summed E-state index contributed by atoms with van der Waals surface area (Å²) in [6.07, 6.45) is 9.07. The zero-order valence-electron chi connectivity index (χ0n) is 21.7. The zero-order valence-corrected chi connectivity index (χ0v) is 23.3. The highest BCUT2D eigenvalue weighted by Gasteiger charge is 2.38. The van der Waals surface area contributed by atoms with E-state index >= 15 is 0 Å². The van der Waals surface area contributed by atoms with Gasteiger partial charge in [-0.3, -0.25) is 14.9 Å². The van der Waals surface area contributed by atoms with Gasteiger partial charge in [-0.05, 0) is 89.9 Å². The average molecular weight is 528 g/mol. The molecule has 4 rings (SSSR count). The molecule has 200 valence electrons. The van der Waals surface area contributed by atoms with Gasteiger partial charge in [-0.25, -0.2) is 8.42 Å². The van der Waals surface area contributed by atoms with Crippen molar-refractivity contribution in [2.24, 2.45) is 17.8 Å². The molecular weight excluding hydrogens is 482 g/mol. The van der Waals surface area contributed by atoms with Gasteiger partial charge in [0.05, 0.1) is 11.0 Å². The summed E-state index contributed by atoms with van der Waals surface area (Å²) in [4.78, 5) is 27.9. The molecule has 4 fully saturated rings. The van der Waals surface area contributed by atoms with Crippen LogP contribution in [0, 0.1) is 17.8 Å². The molecule has 1 aliphatic heterocycles. The van der Waals surface area contributed by atoms with Crippen LogP contribution in [0.3, 0.4) is 0 Å². The van der Waals surface area contributed by atoms with Crippen LogP contribution >= 0.6 is 11.8 Å². The van der Waals surface area contributed by atoms with Crippen LogP contribution in [0.4, 0.5) is 0 Å². The van der Waals surface area contributed by atoms with Crippen LogP contribution in [0.1, 0.15) is 91.4 Å². The topological polar surface area (TPSA) is 95.6 Å². The molecule has 0 radical (unpaired) electrons. The molecule has 1 heterocycles. The van der Waals surface area contributed by atoms with Crippen LogP contribution in [0.25, 0.3) is 0 Å². The average Bonchev–Trinajstić information content (AvgIpc) is 3.56. The summed E-state index contributed by atoms with van der Waals surface area (Å²) < 4.78 is 25.1. The molecule has 0 aromatic rings. The van der Waals surface area contributed by atoms with Crippen LogP contribution < -0.4 is 10.6 Å². The van der Waals surface area contributed by atoms with E-state index in [1.807, 2.05) is 16.7 Å². The number of sulfone groups is 1. The van der Waals surface area contributed by atoms with E-state index in [2.05, 4.69) is 31.4 Å². The minimum Gasteiger partial charge on any atom is -0.353 e. The Kier molecular flexibility index (Phi) is 9.12. The molecule has 9 heteroatoms. The lowest BCUT2D eigenvalue weighted by Gasteiger charge is -2.35. The van der Waals surface area contributed by atoms with Gasteiger partial charge < -0.3 is 10.2 Å². The quantitative estimate of drug-likeness (QED) is 0.475. The Balaban J connectivity index is 1.16. The smallest absolute Gasteiger partial charge is 0.227 e. The lowest BCUT2D eigenvalue weighted by molar-refractivity contribution is -0.137. The Labute approximate surface area is 216 Å². The van der Waals surface area contributed by atoms with Gasteiger partial charge in [0.15, 0.2) is 9.84 Å². The van der Waals surface area contributed by atoms with Crippen LogP contribution in [0.2, 0.25) is 0 Å². The Hall–Kier alpha value is -0.800. The Morgan fingerprint density at radius 3 is 2.11 bits per heavy atom. The molecule has 0 spiro atoms. The number of hydrogen-bond donors (Lipinski definition) is 2. The normalized spacial score (nSPS) is 36.0. The van der Waals surface area contributed by atoms with Gasteiger partial charge in [0.2, 0.25) is 11.8 Å². The molecule has 35 heavy (non-hydrogen) atoms. The van der Waals surface area contributed by atoms with Gasteiger partial charge in [0.25, 0.3) is 0 Å². The van der Waals surface area contributed by atoms with Gasteiger partial charge in [-0.15, -0.1) is 11.8 Å². The van der Waals surface area contributed by atoms with Gasteiger partial charge in [0, 0.05) is 36.2 Å². The first-order valence-electron chi connectivity index (χ1n) is 13.9. The van der Waals surface area contributed by atoms with E-state index in [1.165, 1.54) is 0 Å². The fourth-order valence-electron chi connectivity index (χ4n) is 6.03. The molecule has 3 unspecified atom stereocenters. The first kappa shape index (κ1) is 27.2. The monoisotopic (exact) mass is 527 g/mol. The minimum absolute atomic E-state index is 0.0459. The van der Waals surface area contributed by atoms with Crippen molar-refractivity contribution in [1.29, 1.82) is 0 Å².